The fourth-order valence-corrected chi connectivity index (χ4v) is 2.83. The number of hydrogen-bond donors (Lipinski definition) is 1. The van der Waals surface area contributed by atoms with Crippen LogP contribution in [-0.2, 0) is 24.3 Å². The molecule has 2 aromatic heterocycles. The maximum Gasteiger partial charge on any atom is 0.221 e. The van der Waals surface area contributed by atoms with Crippen LogP contribution in [0.4, 0.5) is 0 Å². The van der Waals surface area contributed by atoms with Gasteiger partial charge in [0.05, 0.1) is 11.7 Å². The third-order valence-corrected chi connectivity index (χ3v) is 4.12. The van der Waals surface area contributed by atoms with Crippen molar-refractivity contribution in [3.05, 3.63) is 48.7 Å². The molecule has 0 aliphatic heterocycles. The van der Waals surface area contributed by atoms with Gasteiger partial charge in [0.2, 0.25) is 5.91 Å². The highest BCUT2D eigenvalue weighted by Crippen LogP contribution is 2.12. The van der Waals surface area contributed by atoms with Gasteiger partial charge in [0, 0.05) is 50.3 Å². The number of rotatable bonds is 8. The molecule has 0 atom stereocenters. The first kappa shape index (κ1) is 16.2. The van der Waals surface area contributed by atoms with Gasteiger partial charge < -0.3 is 9.88 Å². The van der Waals surface area contributed by atoms with E-state index in [-0.39, 0.29) is 5.91 Å². The molecule has 24 heavy (non-hydrogen) atoms. The van der Waals surface area contributed by atoms with E-state index >= 15 is 0 Å². The van der Waals surface area contributed by atoms with Gasteiger partial charge in [0.1, 0.15) is 5.82 Å². The molecule has 2 heterocycles. The molecule has 126 valence electrons. The molecule has 6 heteroatoms. The van der Waals surface area contributed by atoms with E-state index in [9.17, 15) is 4.79 Å². The second-order valence-electron chi connectivity index (χ2n) is 5.77. The number of amides is 1. The fraction of sp³-hybridized carbons (Fsp3) is 0.389. The normalized spacial score (nSPS) is 11.0. The van der Waals surface area contributed by atoms with E-state index < -0.39 is 0 Å². The quantitative estimate of drug-likeness (QED) is 0.647. The van der Waals surface area contributed by atoms with Gasteiger partial charge in [-0.2, -0.15) is 5.10 Å². The number of carbonyl (C=O) groups excluding carboxylic acids is 1. The van der Waals surface area contributed by atoms with Crippen LogP contribution in [0.15, 0.2) is 42.9 Å². The van der Waals surface area contributed by atoms with Crippen molar-refractivity contribution >= 4 is 16.8 Å². The summed E-state index contributed by atoms with van der Waals surface area (Å²) in [7, 11) is 0. The molecule has 0 radical (unpaired) electrons. The van der Waals surface area contributed by atoms with Gasteiger partial charge in [0.25, 0.3) is 0 Å². The van der Waals surface area contributed by atoms with Gasteiger partial charge in [-0.15, -0.1) is 0 Å². The van der Waals surface area contributed by atoms with Gasteiger partial charge in [0.15, 0.2) is 0 Å². The lowest BCUT2D eigenvalue weighted by Crippen LogP contribution is -2.26. The molecular weight excluding hydrogens is 302 g/mol. The second kappa shape index (κ2) is 7.77. The van der Waals surface area contributed by atoms with Crippen molar-refractivity contribution in [2.24, 2.45) is 0 Å². The monoisotopic (exact) mass is 325 g/mol. The van der Waals surface area contributed by atoms with Crippen LogP contribution in [-0.4, -0.2) is 31.8 Å². The van der Waals surface area contributed by atoms with Crippen LogP contribution in [0.25, 0.3) is 10.9 Å². The molecular formula is C18H23N5O. The molecule has 1 aromatic carbocycles. The standard InChI is InChI=1S/C18H23N5O/c1-2-17-19-10-13-22(17)12-8-18(24)20-9-5-11-23-16-7-4-3-6-15(16)14-21-23/h3-4,6-7,10,13-14H,2,5,8-9,11-12H2,1H3,(H,20,24). The van der Waals surface area contributed by atoms with Crippen LogP contribution in [0.3, 0.4) is 0 Å². The number of fused-ring (bicyclic) bond motifs is 1. The number of para-hydroxylation sites is 1. The molecule has 0 saturated heterocycles. The maximum absolute atomic E-state index is 11.9. The van der Waals surface area contributed by atoms with Crippen molar-refractivity contribution in [2.45, 2.75) is 39.3 Å². The zero-order valence-corrected chi connectivity index (χ0v) is 14.0. The number of nitrogens with one attached hydrogen (secondary N) is 1. The molecule has 3 rings (SSSR count). The Bertz CT molecular complexity index is 804. The van der Waals surface area contributed by atoms with E-state index in [2.05, 4.69) is 34.5 Å². The molecule has 0 spiro atoms. The molecule has 0 fully saturated rings. The minimum absolute atomic E-state index is 0.0797. The Morgan fingerprint density at radius 1 is 1.25 bits per heavy atom. The van der Waals surface area contributed by atoms with Crippen molar-refractivity contribution in [1.29, 1.82) is 0 Å². The smallest absolute Gasteiger partial charge is 0.221 e. The van der Waals surface area contributed by atoms with E-state index in [0.717, 1.165) is 36.1 Å². The molecule has 0 aliphatic rings. The molecule has 0 bridgehead atoms. The third-order valence-electron chi connectivity index (χ3n) is 4.12. The third kappa shape index (κ3) is 3.82. The van der Waals surface area contributed by atoms with E-state index in [1.165, 1.54) is 0 Å². The maximum atomic E-state index is 11.9. The van der Waals surface area contributed by atoms with Crippen LogP contribution in [0.5, 0.6) is 0 Å². The first-order valence-corrected chi connectivity index (χ1v) is 8.45. The van der Waals surface area contributed by atoms with E-state index in [4.69, 9.17) is 0 Å². The number of nitrogens with zero attached hydrogens (tertiary/aromatic N) is 4. The lowest BCUT2D eigenvalue weighted by molar-refractivity contribution is -0.121. The van der Waals surface area contributed by atoms with Gasteiger partial charge in [-0.1, -0.05) is 25.1 Å². The van der Waals surface area contributed by atoms with Crippen molar-refractivity contribution in [3.63, 3.8) is 0 Å². The Morgan fingerprint density at radius 3 is 3.00 bits per heavy atom. The lowest BCUT2D eigenvalue weighted by Gasteiger charge is -2.08. The number of carbonyl (C=O) groups is 1. The summed E-state index contributed by atoms with van der Waals surface area (Å²) in [5.74, 6) is 1.10. The molecule has 3 aromatic rings. The van der Waals surface area contributed by atoms with Crippen molar-refractivity contribution in [3.8, 4) is 0 Å². The molecule has 0 aliphatic carbocycles. The zero-order chi connectivity index (χ0) is 16.8. The predicted octanol–water partition coefficient (Wildman–Crippen LogP) is 2.39. The van der Waals surface area contributed by atoms with Gasteiger partial charge in [-0.3, -0.25) is 9.48 Å². The van der Waals surface area contributed by atoms with Crippen LogP contribution >= 0.6 is 0 Å². The average molecular weight is 325 g/mol. The van der Waals surface area contributed by atoms with Crippen LogP contribution in [0, 0.1) is 0 Å². The van der Waals surface area contributed by atoms with Crippen LogP contribution in [0.2, 0.25) is 0 Å². The number of hydrogen-bond acceptors (Lipinski definition) is 3. The Hall–Kier alpha value is -2.63. The van der Waals surface area contributed by atoms with Gasteiger partial charge in [-0.05, 0) is 12.5 Å². The number of imidazole rings is 1. The molecule has 1 amide bonds. The van der Waals surface area contributed by atoms with Crippen molar-refractivity contribution < 1.29 is 4.79 Å². The second-order valence-corrected chi connectivity index (χ2v) is 5.77. The SMILES string of the molecule is CCc1nccn1CCC(=O)NCCCn1ncc2ccccc21. The number of benzene rings is 1. The summed E-state index contributed by atoms with van der Waals surface area (Å²) in [6.07, 6.45) is 7.81. The molecule has 6 nitrogen and oxygen atoms in total. The largest absolute Gasteiger partial charge is 0.356 e. The molecule has 0 saturated carbocycles. The van der Waals surface area contributed by atoms with Crippen molar-refractivity contribution in [2.75, 3.05) is 6.54 Å². The van der Waals surface area contributed by atoms with E-state index in [0.29, 0.717) is 19.5 Å². The minimum Gasteiger partial charge on any atom is -0.356 e. The Balaban J connectivity index is 1.39. The lowest BCUT2D eigenvalue weighted by atomic mass is 10.2. The predicted molar refractivity (Wildman–Crippen MR) is 93.6 cm³/mol. The topological polar surface area (TPSA) is 64.7 Å². The Labute approximate surface area is 141 Å². The van der Waals surface area contributed by atoms with E-state index in [1.807, 2.05) is 33.8 Å². The Morgan fingerprint density at radius 2 is 2.12 bits per heavy atom. The summed E-state index contributed by atoms with van der Waals surface area (Å²) in [5.41, 5.74) is 1.14. The Kier molecular flexibility index (Phi) is 5.25. The average Bonchev–Trinajstić information content (AvgIpc) is 3.23. The number of aromatic nitrogens is 4. The first-order chi connectivity index (χ1) is 11.8. The number of aryl methyl sites for hydroxylation is 3. The zero-order valence-electron chi connectivity index (χ0n) is 14.0. The summed E-state index contributed by atoms with van der Waals surface area (Å²) in [6, 6.07) is 8.15. The minimum atomic E-state index is 0.0797. The summed E-state index contributed by atoms with van der Waals surface area (Å²) in [5, 5.41) is 8.52. The highest BCUT2D eigenvalue weighted by Gasteiger charge is 2.05. The summed E-state index contributed by atoms with van der Waals surface area (Å²) >= 11 is 0. The molecule has 1 N–H and O–H groups in total. The van der Waals surface area contributed by atoms with Crippen LogP contribution < -0.4 is 5.32 Å². The summed E-state index contributed by atoms with van der Waals surface area (Å²) in [4.78, 5) is 16.2. The van der Waals surface area contributed by atoms with Crippen LogP contribution in [0.1, 0.15) is 25.6 Å². The van der Waals surface area contributed by atoms with Crippen molar-refractivity contribution in [1.82, 2.24) is 24.6 Å². The van der Waals surface area contributed by atoms with Gasteiger partial charge >= 0.3 is 0 Å². The first-order valence-electron chi connectivity index (χ1n) is 8.45. The summed E-state index contributed by atoms with van der Waals surface area (Å²) in [6.45, 7) is 4.21. The van der Waals surface area contributed by atoms with Gasteiger partial charge in [-0.25, -0.2) is 4.98 Å². The fourth-order valence-electron chi connectivity index (χ4n) is 2.83. The highest BCUT2D eigenvalue weighted by atomic mass is 16.1. The highest BCUT2D eigenvalue weighted by molar-refractivity contribution is 5.78. The summed E-state index contributed by atoms with van der Waals surface area (Å²) < 4.78 is 4.02. The molecule has 0 unspecified atom stereocenters. The van der Waals surface area contributed by atoms with E-state index in [1.54, 1.807) is 6.20 Å².